The lowest BCUT2D eigenvalue weighted by molar-refractivity contribution is 0.0788. The molecule has 0 bridgehead atoms. The number of nitrogens with zero attached hydrogens (tertiary/aromatic N) is 1. The van der Waals surface area contributed by atoms with Crippen molar-refractivity contribution in [2.24, 2.45) is 11.3 Å². The monoisotopic (exact) mass is 272 g/mol. The highest BCUT2D eigenvalue weighted by molar-refractivity contribution is 5.21. The Kier molecular flexibility index (Phi) is 3.64. The van der Waals surface area contributed by atoms with E-state index in [2.05, 4.69) is 68.2 Å². The molecule has 1 saturated carbocycles. The lowest BCUT2D eigenvalue weighted by Crippen LogP contribution is -2.56. The van der Waals surface area contributed by atoms with E-state index in [1.807, 2.05) is 0 Å². The molecule has 1 aromatic carbocycles. The Bertz CT molecular complexity index is 452. The largest absolute Gasteiger partial charge is 0.307 e. The Morgan fingerprint density at radius 2 is 1.85 bits per heavy atom. The van der Waals surface area contributed by atoms with Gasteiger partial charge in [0.05, 0.1) is 0 Å². The minimum absolute atomic E-state index is 0.489. The van der Waals surface area contributed by atoms with E-state index in [0.717, 1.165) is 25.0 Å². The molecule has 1 heterocycles. The summed E-state index contributed by atoms with van der Waals surface area (Å²) in [4.78, 5) is 2.79. The summed E-state index contributed by atoms with van der Waals surface area (Å²) >= 11 is 0. The van der Waals surface area contributed by atoms with Crippen molar-refractivity contribution in [1.82, 2.24) is 10.2 Å². The molecule has 110 valence electrons. The van der Waals surface area contributed by atoms with Crippen LogP contribution in [0.5, 0.6) is 0 Å². The van der Waals surface area contributed by atoms with E-state index in [1.165, 1.54) is 12.0 Å². The average Bonchev–Trinajstić information content (AvgIpc) is 3.08. The van der Waals surface area contributed by atoms with Crippen LogP contribution in [0.15, 0.2) is 30.3 Å². The maximum absolute atomic E-state index is 3.77. The molecule has 3 unspecified atom stereocenters. The van der Waals surface area contributed by atoms with Crippen LogP contribution in [-0.2, 0) is 0 Å². The summed E-state index contributed by atoms with van der Waals surface area (Å²) in [5.74, 6) is 0.718. The van der Waals surface area contributed by atoms with Crippen molar-refractivity contribution >= 4 is 0 Å². The summed E-state index contributed by atoms with van der Waals surface area (Å²) in [6.45, 7) is 11.8. The molecule has 1 aliphatic heterocycles. The van der Waals surface area contributed by atoms with Gasteiger partial charge in [-0.15, -0.1) is 0 Å². The van der Waals surface area contributed by atoms with E-state index in [0.29, 0.717) is 17.5 Å². The molecule has 20 heavy (non-hydrogen) atoms. The summed E-state index contributed by atoms with van der Waals surface area (Å²) < 4.78 is 0. The first kappa shape index (κ1) is 14.1. The summed E-state index contributed by atoms with van der Waals surface area (Å²) in [6, 6.07) is 12.9. The molecule has 1 N–H and O–H groups in total. The zero-order valence-electron chi connectivity index (χ0n) is 13.3. The molecule has 1 aliphatic carbocycles. The van der Waals surface area contributed by atoms with E-state index in [1.54, 1.807) is 0 Å². The SMILES string of the molecule is CC(C)C1CNC(c2ccccc2)CN1C1CC1(C)C. The summed E-state index contributed by atoms with van der Waals surface area (Å²) in [5.41, 5.74) is 1.95. The zero-order valence-corrected chi connectivity index (χ0v) is 13.3. The van der Waals surface area contributed by atoms with Gasteiger partial charge >= 0.3 is 0 Å². The highest BCUT2D eigenvalue weighted by Crippen LogP contribution is 2.50. The van der Waals surface area contributed by atoms with Crippen LogP contribution in [0.25, 0.3) is 0 Å². The number of piperazine rings is 1. The third kappa shape index (κ3) is 2.64. The van der Waals surface area contributed by atoms with Gasteiger partial charge in [-0.3, -0.25) is 4.90 Å². The van der Waals surface area contributed by atoms with Gasteiger partial charge in [-0.25, -0.2) is 0 Å². The molecule has 0 amide bonds. The molecule has 2 heteroatoms. The van der Waals surface area contributed by atoms with Gasteiger partial charge in [0, 0.05) is 31.2 Å². The van der Waals surface area contributed by atoms with Crippen molar-refractivity contribution in [2.75, 3.05) is 13.1 Å². The molecule has 0 aromatic heterocycles. The second kappa shape index (κ2) is 5.16. The van der Waals surface area contributed by atoms with E-state index in [9.17, 15) is 0 Å². The maximum Gasteiger partial charge on any atom is 0.0450 e. The van der Waals surface area contributed by atoms with Gasteiger partial charge in [-0.05, 0) is 23.3 Å². The molecular weight excluding hydrogens is 244 g/mol. The molecule has 3 rings (SSSR count). The van der Waals surface area contributed by atoms with Crippen LogP contribution in [0, 0.1) is 11.3 Å². The van der Waals surface area contributed by atoms with Crippen LogP contribution < -0.4 is 5.32 Å². The minimum Gasteiger partial charge on any atom is -0.307 e. The van der Waals surface area contributed by atoms with Crippen LogP contribution in [0.4, 0.5) is 0 Å². The summed E-state index contributed by atoms with van der Waals surface area (Å²) in [7, 11) is 0. The zero-order chi connectivity index (χ0) is 14.3. The molecule has 3 atom stereocenters. The topological polar surface area (TPSA) is 15.3 Å². The van der Waals surface area contributed by atoms with Gasteiger partial charge in [0.25, 0.3) is 0 Å². The Labute approximate surface area is 123 Å². The highest BCUT2D eigenvalue weighted by Gasteiger charge is 2.52. The van der Waals surface area contributed by atoms with Gasteiger partial charge in [-0.1, -0.05) is 58.0 Å². The number of hydrogen-bond acceptors (Lipinski definition) is 2. The fraction of sp³-hybridized carbons (Fsp3) is 0.667. The van der Waals surface area contributed by atoms with Gasteiger partial charge < -0.3 is 5.32 Å². The van der Waals surface area contributed by atoms with Crippen molar-refractivity contribution in [1.29, 1.82) is 0 Å². The van der Waals surface area contributed by atoms with Gasteiger partial charge in [-0.2, -0.15) is 0 Å². The van der Waals surface area contributed by atoms with E-state index < -0.39 is 0 Å². The first-order chi connectivity index (χ1) is 9.49. The molecule has 1 aromatic rings. The molecule has 0 spiro atoms. The van der Waals surface area contributed by atoms with Crippen molar-refractivity contribution in [3.8, 4) is 0 Å². The van der Waals surface area contributed by atoms with Crippen LogP contribution in [0.2, 0.25) is 0 Å². The van der Waals surface area contributed by atoms with E-state index in [-0.39, 0.29) is 0 Å². The molecular formula is C18H28N2. The number of benzene rings is 1. The third-order valence-corrected chi connectivity index (χ3v) is 5.23. The second-order valence-corrected chi connectivity index (χ2v) is 7.59. The van der Waals surface area contributed by atoms with Crippen molar-refractivity contribution in [3.63, 3.8) is 0 Å². The molecule has 1 saturated heterocycles. The van der Waals surface area contributed by atoms with Crippen molar-refractivity contribution in [2.45, 2.75) is 52.2 Å². The standard InChI is InChI=1S/C18H28N2/c1-13(2)16-11-19-15(14-8-6-5-7-9-14)12-20(16)17-10-18(17,3)4/h5-9,13,15-17,19H,10-12H2,1-4H3. The second-order valence-electron chi connectivity index (χ2n) is 7.59. The van der Waals surface area contributed by atoms with E-state index in [4.69, 9.17) is 0 Å². The maximum atomic E-state index is 3.77. The summed E-state index contributed by atoms with van der Waals surface area (Å²) in [6.07, 6.45) is 1.36. The molecule has 2 aliphatic rings. The Hall–Kier alpha value is -0.860. The Morgan fingerprint density at radius 3 is 2.40 bits per heavy atom. The van der Waals surface area contributed by atoms with Crippen LogP contribution in [-0.4, -0.2) is 30.1 Å². The first-order valence-corrected chi connectivity index (χ1v) is 8.03. The molecule has 2 nitrogen and oxygen atoms in total. The molecule has 2 fully saturated rings. The quantitative estimate of drug-likeness (QED) is 0.906. The fourth-order valence-electron chi connectivity index (χ4n) is 3.68. The van der Waals surface area contributed by atoms with Crippen molar-refractivity contribution in [3.05, 3.63) is 35.9 Å². The smallest absolute Gasteiger partial charge is 0.0450 e. The fourth-order valence-corrected chi connectivity index (χ4v) is 3.68. The third-order valence-electron chi connectivity index (χ3n) is 5.23. The number of hydrogen-bond donors (Lipinski definition) is 1. The van der Waals surface area contributed by atoms with Crippen LogP contribution in [0.1, 0.15) is 45.7 Å². The average molecular weight is 272 g/mol. The first-order valence-electron chi connectivity index (χ1n) is 8.03. The normalized spacial score (nSPS) is 33.4. The number of rotatable bonds is 3. The Balaban J connectivity index is 1.77. The Morgan fingerprint density at radius 1 is 1.20 bits per heavy atom. The lowest BCUT2D eigenvalue weighted by atomic mass is 9.94. The molecule has 0 radical (unpaired) electrons. The van der Waals surface area contributed by atoms with Gasteiger partial charge in [0.15, 0.2) is 0 Å². The number of nitrogens with one attached hydrogen (secondary N) is 1. The van der Waals surface area contributed by atoms with E-state index >= 15 is 0 Å². The van der Waals surface area contributed by atoms with Crippen LogP contribution in [0.3, 0.4) is 0 Å². The van der Waals surface area contributed by atoms with Gasteiger partial charge in [0.2, 0.25) is 0 Å². The predicted molar refractivity (Wildman–Crippen MR) is 84.7 cm³/mol. The lowest BCUT2D eigenvalue weighted by Gasteiger charge is -2.43. The minimum atomic E-state index is 0.489. The van der Waals surface area contributed by atoms with Crippen molar-refractivity contribution < 1.29 is 0 Å². The predicted octanol–water partition coefficient (Wildman–Crippen LogP) is 3.46. The van der Waals surface area contributed by atoms with Crippen LogP contribution >= 0.6 is 0 Å². The van der Waals surface area contributed by atoms with Gasteiger partial charge in [0.1, 0.15) is 0 Å². The summed E-state index contributed by atoms with van der Waals surface area (Å²) in [5, 5.41) is 3.77. The highest BCUT2D eigenvalue weighted by atomic mass is 15.3.